The number of benzene rings is 4. The van der Waals surface area contributed by atoms with Gasteiger partial charge in [-0.15, -0.1) is 0 Å². The number of hydrogen-bond donors (Lipinski definition) is 1. The molecule has 0 radical (unpaired) electrons. The van der Waals surface area contributed by atoms with E-state index in [9.17, 15) is 8.42 Å². The highest BCUT2D eigenvalue weighted by atomic mass is 32.2. The smallest absolute Gasteiger partial charge is 0.294 e. The molecule has 0 spiro atoms. The lowest BCUT2D eigenvalue weighted by molar-refractivity contribution is 0.0689. The van der Waals surface area contributed by atoms with E-state index in [4.69, 9.17) is 9.29 Å². The predicted octanol–water partition coefficient (Wildman–Crippen LogP) is 5.75. The SMILES string of the molecule is Cc1ccc(S(=O)(=O)O)cc1.c1ccc([P+](c2ccccc2)(c2ccccc2)C2CCCCO2)cc1. The van der Waals surface area contributed by atoms with Gasteiger partial charge in [-0.1, -0.05) is 72.3 Å². The molecular weight excluding hydrogens is 487 g/mol. The van der Waals surface area contributed by atoms with E-state index in [-0.39, 0.29) is 10.7 Å². The lowest BCUT2D eigenvalue weighted by Gasteiger charge is -2.36. The van der Waals surface area contributed by atoms with Gasteiger partial charge in [0.25, 0.3) is 10.1 Å². The summed E-state index contributed by atoms with van der Waals surface area (Å²) in [5.74, 6) is 0.258. The third kappa shape index (κ3) is 5.93. The molecule has 1 aliphatic rings. The van der Waals surface area contributed by atoms with Crippen LogP contribution in [0.2, 0.25) is 0 Å². The largest absolute Gasteiger partial charge is 0.343 e. The molecule has 1 atom stereocenters. The molecule has 0 saturated carbocycles. The van der Waals surface area contributed by atoms with Crippen LogP contribution in [-0.2, 0) is 14.9 Å². The Kier molecular flexibility index (Phi) is 8.71. The Morgan fingerprint density at radius 2 is 1.14 bits per heavy atom. The van der Waals surface area contributed by atoms with Gasteiger partial charge < -0.3 is 4.74 Å². The number of aryl methyl sites for hydroxylation is 1. The monoisotopic (exact) mass is 519 g/mol. The van der Waals surface area contributed by atoms with Crippen LogP contribution in [-0.4, -0.2) is 25.4 Å². The van der Waals surface area contributed by atoms with Crippen LogP contribution >= 0.6 is 7.26 Å². The maximum atomic E-state index is 10.5. The fourth-order valence-electron chi connectivity index (χ4n) is 4.67. The highest BCUT2D eigenvalue weighted by Gasteiger charge is 2.53. The van der Waals surface area contributed by atoms with E-state index in [1.807, 2.05) is 6.92 Å². The first kappa shape index (κ1) is 26.2. The molecule has 4 aromatic rings. The summed E-state index contributed by atoms with van der Waals surface area (Å²) in [4.78, 5) is -0.0666. The minimum Gasteiger partial charge on any atom is -0.343 e. The summed E-state index contributed by atoms with van der Waals surface area (Å²) in [6, 6.07) is 39.1. The Hall–Kier alpha value is -2.82. The molecule has 1 unspecified atom stereocenters. The van der Waals surface area contributed by atoms with E-state index < -0.39 is 17.4 Å². The van der Waals surface area contributed by atoms with Gasteiger partial charge in [-0.05, 0) is 68.3 Å². The summed E-state index contributed by atoms with van der Waals surface area (Å²) in [6.45, 7) is 2.71. The Labute approximate surface area is 215 Å². The van der Waals surface area contributed by atoms with Crippen molar-refractivity contribution in [3.8, 4) is 0 Å². The second-order valence-corrected chi connectivity index (χ2v) is 13.8. The standard InChI is InChI=1S/C23H24OP.C7H8O3S/c1-4-12-20(13-5-1)25(21-14-6-2-7-15-21,22-16-8-3-9-17-22)23-18-10-11-19-24-23;1-6-2-4-7(5-3-6)11(8,9)10/h1-9,12-17,23H,10-11,18-19H2;2-5H,1H3,(H,8,9,10)/q+1;. The Bertz CT molecular complexity index is 1220. The summed E-state index contributed by atoms with van der Waals surface area (Å²) in [5.41, 5.74) is 0.956. The molecule has 5 rings (SSSR count). The zero-order valence-electron chi connectivity index (χ0n) is 20.4. The van der Waals surface area contributed by atoms with Crippen molar-refractivity contribution in [1.29, 1.82) is 0 Å². The first-order valence-electron chi connectivity index (χ1n) is 12.1. The molecule has 1 N–H and O–H groups in total. The highest BCUT2D eigenvalue weighted by molar-refractivity contribution is 7.96. The summed E-state index contributed by atoms with van der Waals surface area (Å²) in [6.07, 6.45) is 3.56. The Morgan fingerprint density at radius 3 is 1.50 bits per heavy atom. The van der Waals surface area contributed by atoms with Crippen molar-refractivity contribution in [3.05, 3.63) is 121 Å². The second kappa shape index (κ2) is 11.9. The van der Waals surface area contributed by atoms with Gasteiger partial charge in [0.2, 0.25) is 0 Å². The summed E-state index contributed by atoms with van der Waals surface area (Å²) >= 11 is 0. The van der Waals surface area contributed by atoms with E-state index in [0.717, 1.165) is 18.6 Å². The third-order valence-electron chi connectivity index (χ3n) is 6.40. The molecule has 0 amide bonds. The quantitative estimate of drug-likeness (QED) is 0.269. The van der Waals surface area contributed by atoms with Crippen LogP contribution in [0.5, 0.6) is 0 Å². The van der Waals surface area contributed by atoms with Crippen LogP contribution in [0.3, 0.4) is 0 Å². The molecule has 4 nitrogen and oxygen atoms in total. The average Bonchev–Trinajstić information content (AvgIpc) is 2.92. The molecule has 0 aromatic heterocycles. The molecule has 1 heterocycles. The fourth-order valence-corrected chi connectivity index (χ4v) is 9.87. The Morgan fingerprint density at radius 1 is 0.694 bits per heavy atom. The maximum absolute atomic E-state index is 10.5. The highest BCUT2D eigenvalue weighted by Crippen LogP contribution is 2.62. The minimum absolute atomic E-state index is 0.0666. The van der Waals surface area contributed by atoms with E-state index in [1.54, 1.807) is 12.1 Å². The molecule has 1 saturated heterocycles. The van der Waals surface area contributed by atoms with Gasteiger partial charge >= 0.3 is 0 Å². The van der Waals surface area contributed by atoms with Crippen molar-refractivity contribution in [3.63, 3.8) is 0 Å². The lowest BCUT2D eigenvalue weighted by Crippen LogP contribution is -2.41. The van der Waals surface area contributed by atoms with Crippen LogP contribution in [0.15, 0.2) is 120 Å². The van der Waals surface area contributed by atoms with Crippen molar-refractivity contribution >= 4 is 33.3 Å². The molecule has 1 aliphatic heterocycles. The first-order chi connectivity index (χ1) is 17.4. The molecule has 1 fully saturated rings. The minimum atomic E-state index is -4.02. The van der Waals surface area contributed by atoms with Crippen molar-refractivity contribution < 1.29 is 17.7 Å². The van der Waals surface area contributed by atoms with Crippen molar-refractivity contribution in [2.24, 2.45) is 0 Å². The topological polar surface area (TPSA) is 63.6 Å². The Balaban J connectivity index is 0.000000233. The van der Waals surface area contributed by atoms with E-state index in [0.29, 0.717) is 0 Å². The average molecular weight is 520 g/mol. The van der Waals surface area contributed by atoms with Crippen LogP contribution in [0.25, 0.3) is 0 Å². The second-order valence-electron chi connectivity index (χ2n) is 8.84. The lowest BCUT2D eigenvalue weighted by atomic mass is 10.2. The fraction of sp³-hybridized carbons (Fsp3) is 0.200. The predicted molar refractivity (Wildman–Crippen MR) is 150 cm³/mol. The number of ether oxygens (including phenoxy) is 1. The summed E-state index contributed by atoms with van der Waals surface area (Å²) in [5, 5.41) is 4.25. The van der Waals surface area contributed by atoms with E-state index in [1.165, 1.54) is 40.9 Å². The molecule has 186 valence electrons. The normalized spacial score (nSPS) is 16.0. The zero-order chi connectivity index (χ0) is 25.4. The molecule has 36 heavy (non-hydrogen) atoms. The van der Waals surface area contributed by atoms with Gasteiger partial charge in [-0.25, -0.2) is 0 Å². The molecule has 0 bridgehead atoms. The maximum Gasteiger partial charge on any atom is 0.294 e. The van der Waals surface area contributed by atoms with Gasteiger partial charge in [-0.3, -0.25) is 4.55 Å². The van der Waals surface area contributed by atoms with Gasteiger partial charge in [0.1, 0.15) is 23.2 Å². The summed E-state index contributed by atoms with van der Waals surface area (Å²) < 4.78 is 36.0. The number of hydrogen-bond acceptors (Lipinski definition) is 3. The van der Waals surface area contributed by atoms with Crippen LogP contribution in [0.1, 0.15) is 24.8 Å². The van der Waals surface area contributed by atoms with Crippen LogP contribution in [0, 0.1) is 6.92 Å². The third-order valence-corrected chi connectivity index (χ3v) is 11.9. The van der Waals surface area contributed by atoms with E-state index in [2.05, 4.69) is 91.0 Å². The van der Waals surface area contributed by atoms with Gasteiger partial charge in [0.05, 0.1) is 11.5 Å². The summed E-state index contributed by atoms with van der Waals surface area (Å²) in [7, 11) is -5.87. The number of rotatable bonds is 5. The molecular formula is C30H32O4PS+. The zero-order valence-corrected chi connectivity index (χ0v) is 22.1. The van der Waals surface area contributed by atoms with Crippen molar-refractivity contribution in [2.75, 3.05) is 6.61 Å². The van der Waals surface area contributed by atoms with Gasteiger partial charge in [-0.2, -0.15) is 8.42 Å². The molecule has 0 aliphatic carbocycles. The molecule has 6 heteroatoms. The first-order valence-corrected chi connectivity index (χ1v) is 15.4. The van der Waals surface area contributed by atoms with Crippen molar-refractivity contribution in [1.82, 2.24) is 0 Å². The molecule has 4 aromatic carbocycles. The van der Waals surface area contributed by atoms with Crippen LogP contribution in [0.4, 0.5) is 0 Å². The van der Waals surface area contributed by atoms with Crippen molar-refractivity contribution in [2.45, 2.75) is 36.9 Å². The van der Waals surface area contributed by atoms with Gasteiger partial charge in [0, 0.05) is 6.42 Å². The van der Waals surface area contributed by atoms with Crippen LogP contribution < -0.4 is 15.9 Å². The van der Waals surface area contributed by atoms with E-state index >= 15 is 0 Å². The van der Waals surface area contributed by atoms with Gasteiger partial charge in [0.15, 0.2) is 5.85 Å².